The van der Waals surface area contributed by atoms with Crippen LogP contribution in [0.2, 0.25) is 0 Å². The number of hydrogen-bond acceptors (Lipinski definition) is 3. The van der Waals surface area contributed by atoms with E-state index >= 15 is 0 Å². The summed E-state index contributed by atoms with van der Waals surface area (Å²) in [6.45, 7) is 2.86. The number of carbonyl (C=O) groups excluding carboxylic acids is 1. The molecular weight excluding hydrogens is 210 g/mol. The second-order valence-electron chi connectivity index (χ2n) is 4.01. The molecule has 0 unspecified atom stereocenters. The lowest BCUT2D eigenvalue weighted by Gasteiger charge is -2.12. The molecule has 2 N–H and O–H groups in total. The Kier molecular flexibility index (Phi) is 4.49. The molecule has 5 heteroatoms. The lowest BCUT2D eigenvalue weighted by atomic mass is 10.1. The molecule has 0 radical (unpaired) electrons. The highest BCUT2D eigenvalue weighted by atomic mass is 16.7. The van der Waals surface area contributed by atoms with Crippen molar-refractivity contribution in [3.8, 4) is 0 Å². The maximum absolute atomic E-state index is 11.5. The third-order valence-electron chi connectivity index (χ3n) is 2.84. The number of carbonyl (C=O) groups is 2. The maximum Gasteiger partial charge on any atom is 0.331 e. The van der Waals surface area contributed by atoms with E-state index in [1.54, 1.807) is 0 Å². The van der Waals surface area contributed by atoms with Crippen molar-refractivity contribution >= 4 is 11.9 Å². The van der Waals surface area contributed by atoms with E-state index in [0.717, 1.165) is 25.7 Å². The normalized spacial score (nSPS) is 18.1. The summed E-state index contributed by atoms with van der Waals surface area (Å²) in [5, 5.41) is 8.70. The first-order valence-electron chi connectivity index (χ1n) is 5.39. The minimum absolute atomic E-state index is 0.0347. The molecule has 1 aliphatic carbocycles. The van der Waals surface area contributed by atoms with E-state index in [0.29, 0.717) is 0 Å². The van der Waals surface area contributed by atoms with E-state index in [4.69, 9.17) is 9.94 Å². The van der Waals surface area contributed by atoms with Crippen molar-refractivity contribution < 1.29 is 19.5 Å². The van der Waals surface area contributed by atoms with Crippen molar-refractivity contribution in [2.75, 3.05) is 0 Å². The highest BCUT2D eigenvalue weighted by molar-refractivity contribution is 6.00. The summed E-state index contributed by atoms with van der Waals surface area (Å²) < 4.78 is 0. The second-order valence-corrected chi connectivity index (χ2v) is 4.01. The van der Waals surface area contributed by atoms with Crippen LogP contribution in [-0.4, -0.2) is 23.1 Å². The van der Waals surface area contributed by atoms with Gasteiger partial charge in [0.15, 0.2) is 0 Å². The molecule has 0 atom stereocenters. The van der Waals surface area contributed by atoms with Crippen LogP contribution in [0.15, 0.2) is 11.1 Å². The van der Waals surface area contributed by atoms with Gasteiger partial charge >= 0.3 is 5.97 Å². The van der Waals surface area contributed by atoms with Crippen molar-refractivity contribution in [1.82, 2.24) is 5.48 Å². The van der Waals surface area contributed by atoms with E-state index in [-0.39, 0.29) is 17.3 Å². The molecule has 0 aromatic carbocycles. The molecule has 0 saturated heterocycles. The molecule has 90 valence electrons. The van der Waals surface area contributed by atoms with Crippen LogP contribution in [0.25, 0.3) is 0 Å². The van der Waals surface area contributed by atoms with Gasteiger partial charge in [-0.15, -0.1) is 0 Å². The van der Waals surface area contributed by atoms with Gasteiger partial charge in [0.2, 0.25) is 0 Å². The fraction of sp³-hybridized carbons (Fsp3) is 0.636. The van der Waals surface area contributed by atoms with Gasteiger partial charge in [0.1, 0.15) is 0 Å². The molecule has 0 spiro atoms. The van der Waals surface area contributed by atoms with Crippen molar-refractivity contribution in [3.05, 3.63) is 11.1 Å². The summed E-state index contributed by atoms with van der Waals surface area (Å²) in [4.78, 5) is 27.3. The van der Waals surface area contributed by atoms with Crippen LogP contribution < -0.4 is 5.48 Å². The molecule has 0 heterocycles. The number of hydroxylamine groups is 1. The summed E-state index contributed by atoms with van der Waals surface area (Å²) in [7, 11) is 0. The van der Waals surface area contributed by atoms with Crippen LogP contribution in [-0.2, 0) is 14.4 Å². The first-order valence-corrected chi connectivity index (χ1v) is 5.39. The fourth-order valence-electron chi connectivity index (χ4n) is 1.55. The summed E-state index contributed by atoms with van der Waals surface area (Å²) in [6, 6.07) is 0. The van der Waals surface area contributed by atoms with Gasteiger partial charge in [-0.1, -0.05) is 12.8 Å². The minimum Gasteiger partial charge on any atom is -0.478 e. The number of amides is 1. The van der Waals surface area contributed by atoms with Crippen LogP contribution in [0, 0.1) is 0 Å². The second kappa shape index (κ2) is 5.65. The average molecular weight is 227 g/mol. The smallest absolute Gasteiger partial charge is 0.331 e. The summed E-state index contributed by atoms with van der Waals surface area (Å²) in [5.74, 6) is -1.57. The summed E-state index contributed by atoms with van der Waals surface area (Å²) in [6.07, 6.45) is 4.19. The van der Waals surface area contributed by atoms with Gasteiger partial charge in [-0.2, -0.15) is 0 Å². The van der Waals surface area contributed by atoms with Crippen molar-refractivity contribution in [1.29, 1.82) is 0 Å². The molecule has 0 aromatic heterocycles. The monoisotopic (exact) mass is 227 g/mol. The number of aliphatic carboxylic acids is 1. The van der Waals surface area contributed by atoms with E-state index in [1.807, 2.05) is 0 Å². The van der Waals surface area contributed by atoms with Gasteiger partial charge in [0, 0.05) is 11.1 Å². The Bertz CT molecular complexity index is 316. The van der Waals surface area contributed by atoms with Crippen LogP contribution >= 0.6 is 0 Å². The van der Waals surface area contributed by atoms with Gasteiger partial charge in [0.05, 0.1) is 6.10 Å². The Hall–Kier alpha value is -1.36. The van der Waals surface area contributed by atoms with Crippen LogP contribution in [0.3, 0.4) is 0 Å². The van der Waals surface area contributed by atoms with Crippen LogP contribution in [0.1, 0.15) is 39.5 Å². The predicted molar refractivity (Wildman–Crippen MR) is 57.5 cm³/mol. The van der Waals surface area contributed by atoms with E-state index in [9.17, 15) is 9.59 Å². The van der Waals surface area contributed by atoms with Crippen molar-refractivity contribution in [3.63, 3.8) is 0 Å². The lowest BCUT2D eigenvalue weighted by Crippen LogP contribution is -2.29. The Balaban J connectivity index is 2.45. The van der Waals surface area contributed by atoms with Gasteiger partial charge in [-0.3, -0.25) is 9.63 Å². The third-order valence-corrected chi connectivity index (χ3v) is 2.84. The molecule has 1 aliphatic rings. The number of rotatable bonds is 4. The summed E-state index contributed by atoms with van der Waals surface area (Å²) in [5.41, 5.74) is 2.51. The van der Waals surface area contributed by atoms with Gasteiger partial charge in [-0.05, 0) is 26.7 Å². The summed E-state index contributed by atoms with van der Waals surface area (Å²) >= 11 is 0. The van der Waals surface area contributed by atoms with E-state index in [1.165, 1.54) is 13.8 Å². The fourth-order valence-corrected chi connectivity index (χ4v) is 1.55. The van der Waals surface area contributed by atoms with Gasteiger partial charge < -0.3 is 5.11 Å². The standard InChI is InChI=1S/C11H17NO4/c1-7(8(2)11(14)15)10(13)12-16-9-5-3-4-6-9/h9H,3-6H2,1-2H3,(H,12,13)(H,14,15). The number of carboxylic acid groups (broad SMARTS) is 1. The number of hydrogen-bond donors (Lipinski definition) is 2. The van der Waals surface area contributed by atoms with Crippen molar-refractivity contribution in [2.45, 2.75) is 45.6 Å². The molecule has 1 fully saturated rings. The molecule has 5 nitrogen and oxygen atoms in total. The molecule has 0 bridgehead atoms. The zero-order valence-corrected chi connectivity index (χ0v) is 9.58. The topological polar surface area (TPSA) is 75.6 Å². The van der Waals surface area contributed by atoms with Crippen LogP contribution in [0.5, 0.6) is 0 Å². The molecule has 1 amide bonds. The zero-order valence-electron chi connectivity index (χ0n) is 9.58. The highest BCUT2D eigenvalue weighted by Crippen LogP contribution is 2.20. The first kappa shape index (κ1) is 12.7. The van der Waals surface area contributed by atoms with E-state index < -0.39 is 11.9 Å². The largest absolute Gasteiger partial charge is 0.478 e. The molecule has 1 saturated carbocycles. The quantitative estimate of drug-likeness (QED) is 0.562. The van der Waals surface area contributed by atoms with Gasteiger partial charge in [0.25, 0.3) is 5.91 Å². The number of carboxylic acids is 1. The molecule has 1 rings (SSSR count). The highest BCUT2D eigenvalue weighted by Gasteiger charge is 2.18. The molecule has 16 heavy (non-hydrogen) atoms. The zero-order chi connectivity index (χ0) is 12.1. The molecular formula is C11H17NO4. The molecule has 0 aromatic rings. The first-order chi connectivity index (χ1) is 7.52. The van der Waals surface area contributed by atoms with Gasteiger partial charge in [-0.25, -0.2) is 10.3 Å². The van der Waals surface area contributed by atoms with Crippen LogP contribution in [0.4, 0.5) is 0 Å². The Morgan fingerprint density at radius 1 is 1.19 bits per heavy atom. The van der Waals surface area contributed by atoms with E-state index in [2.05, 4.69) is 5.48 Å². The number of nitrogens with one attached hydrogen (secondary N) is 1. The Morgan fingerprint density at radius 2 is 1.75 bits per heavy atom. The van der Waals surface area contributed by atoms with Crippen molar-refractivity contribution in [2.24, 2.45) is 0 Å². The maximum atomic E-state index is 11.5. The average Bonchev–Trinajstić information content (AvgIpc) is 2.76. The minimum atomic E-state index is -1.09. The predicted octanol–water partition coefficient (Wildman–Crippen LogP) is 1.40. The Morgan fingerprint density at radius 3 is 2.25 bits per heavy atom. The Labute approximate surface area is 94.4 Å². The third kappa shape index (κ3) is 3.34. The lowest BCUT2D eigenvalue weighted by molar-refractivity contribution is -0.136. The SMILES string of the molecule is CC(C(=O)O)=C(C)C(=O)NOC1CCCC1. The molecule has 0 aliphatic heterocycles.